The first-order valence-corrected chi connectivity index (χ1v) is 7.28. The van der Waals surface area contributed by atoms with E-state index in [0.29, 0.717) is 18.5 Å². The van der Waals surface area contributed by atoms with Gasteiger partial charge in [-0.25, -0.2) is 9.67 Å². The van der Waals surface area contributed by atoms with Crippen LogP contribution in [-0.2, 0) is 4.79 Å². The van der Waals surface area contributed by atoms with Crippen molar-refractivity contribution in [1.82, 2.24) is 20.1 Å². The molecule has 0 saturated carbocycles. The first kappa shape index (κ1) is 16.7. The quantitative estimate of drug-likeness (QED) is 0.847. The number of carboxylic acid groups (broad SMARTS) is 1. The summed E-state index contributed by atoms with van der Waals surface area (Å²) >= 11 is 0. The second kappa shape index (κ2) is 6.60. The van der Waals surface area contributed by atoms with Gasteiger partial charge in [-0.05, 0) is 51.0 Å². The number of amides is 1. The zero-order valence-corrected chi connectivity index (χ0v) is 13.4. The molecule has 1 heterocycles. The summed E-state index contributed by atoms with van der Waals surface area (Å²) in [7, 11) is 0. The van der Waals surface area contributed by atoms with Crippen molar-refractivity contribution in [2.75, 3.05) is 6.54 Å². The van der Waals surface area contributed by atoms with Crippen LogP contribution in [0.15, 0.2) is 30.9 Å². The van der Waals surface area contributed by atoms with E-state index in [-0.39, 0.29) is 5.91 Å². The van der Waals surface area contributed by atoms with Crippen LogP contribution >= 0.6 is 0 Å². The summed E-state index contributed by atoms with van der Waals surface area (Å²) < 4.78 is 1.62. The molecule has 0 unspecified atom stereocenters. The number of aryl methyl sites for hydroxylation is 1. The summed E-state index contributed by atoms with van der Waals surface area (Å²) in [6.07, 6.45) is 3.40. The van der Waals surface area contributed by atoms with Crippen LogP contribution in [0, 0.1) is 12.3 Å². The molecule has 0 fully saturated rings. The summed E-state index contributed by atoms with van der Waals surface area (Å²) in [6, 6.07) is 5.37. The molecule has 0 saturated heterocycles. The van der Waals surface area contributed by atoms with Crippen LogP contribution in [0.2, 0.25) is 0 Å². The average Bonchev–Trinajstić information content (AvgIpc) is 3.00. The Bertz CT molecular complexity index is 708. The molecule has 7 heteroatoms. The van der Waals surface area contributed by atoms with E-state index in [1.807, 2.05) is 13.0 Å². The van der Waals surface area contributed by atoms with Crippen molar-refractivity contribution in [3.63, 3.8) is 0 Å². The molecule has 2 N–H and O–H groups in total. The number of nitrogens with one attached hydrogen (secondary N) is 1. The van der Waals surface area contributed by atoms with Crippen molar-refractivity contribution in [2.24, 2.45) is 5.41 Å². The van der Waals surface area contributed by atoms with Crippen molar-refractivity contribution in [2.45, 2.75) is 27.2 Å². The summed E-state index contributed by atoms with van der Waals surface area (Å²) in [5.74, 6) is -1.09. The molecular formula is C16H20N4O3. The number of rotatable bonds is 6. The van der Waals surface area contributed by atoms with Gasteiger partial charge in [-0.15, -0.1) is 0 Å². The van der Waals surface area contributed by atoms with Crippen molar-refractivity contribution < 1.29 is 14.7 Å². The van der Waals surface area contributed by atoms with E-state index in [1.165, 1.54) is 6.33 Å². The number of aliphatic carboxylic acids is 1. The molecule has 1 aromatic carbocycles. The van der Waals surface area contributed by atoms with Crippen molar-refractivity contribution in [1.29, 1.82) is 0 Å². The summed E-state index contributed by atoms with van der Waals surface area (Å²) in [6.45, 7) is 5.43. The van der Waals surface area contributed by atoms with Gasteiger partial charge in [-0.1, -0.05) is 0 Å². The first-order valence-electron chi connectivity index (χ1n) is 7.28. The lowest BCUT2D eigenvalue weighted by Gasteiger charge is -2.19. The third-order valence-corrected chi connectivity index (χ3v) is 3.75. The Kier molecular flexibility index (Phi) is 4.78. The molecule has 122 valence electrons. The lowest BCUT2D eigenvalue weighted by molar-refractivity contribution is -0.147. The van der Waals surface area contributed by atoms with Gasteiger partial charge in [0.2, 0.25) is 0 Å². The van der Waals surface area contributed by atoms with E-state index >= 15 is 0 Å². The van der Waals surface area contributed by atoms with Crippen LogP contribution in [0.3, 0.4) is 0 Å². The minimum atomic E-state index is -0.875. The Morgan fingerprint density at radius 2 is 2.09 bits per heavy atom. The highest BCUT2D eigenvalue weighted by Gasteiger charge is 2.26. The predicted molar refractivity (Wildman–Crippen MR) is 84.5 cm³/mol. The van der Waals surface area contributed by atoms with Gasteiger partial charge in [-0.2, -0.15) is 5.10 Å². The number of carbonyl (C=O) groups is 2. The zero-order valence-electron chi connectivity index (χ0n) is 13.4. The number of hydrogen-bond donors (Lipinski definition) is 2. The second-order valence-electron chi connectivity index (χ2n) is 6.03. The van der Waals surface area contributed by atoms with Gasteiger partial charge in [-0.3, -0.25) is 9.59 Å². The second-order valence-corrected chi connectivity index (χ2v) is 6.03. The summed E-state index contributed by atoms with van der Waals surface area (Å²) in [4.78, 5) is 27.2. The molecule has 0 aliphatic heterocycles. The maximum atomic E-state index is 12.2. The number of benzene rings is 1. The lowest BCUT2D eigenvalue weighted by atomic mass is 9.89. The van der Waals surface area contributed by atoms with E-state index in [9.17, 15) is 9.59 Å². The van der Waals surface area contributed by atoms with Crippen molar-refractivity contribution >= 4 is 11.9 Å². The average molecular weight is 316 g/mol. The summed E-state index contributed by atoms with van der Waals surface area (Å²) in [5.41, 5.74) is 1.33. The molecule has 1 amide bonds. The summed E-state index contributed by atoms with van der Waals surface area (Å²) in [5, 5.41) is 15.9. The molecule has 2 rings (SSSR count). The van der Waals surface area contributed by atoms with Crippen LogP contribution in [-0.4, -0.2) is 38.3 Å². The molecule has 0 spiro atoms. The van der Waals surface area contributed by atoms with Crippen LogP contribution in [0.4, 0.5) is 0 Å². The van der Waals surface area contributed by atoms with Gasteiger partial charge >= 0.3 is 5.97 Å². The third-order valence-electron chi connectivity index (χ3n) is 3.75. The van der Waals surface area contributed by atoms with E-state index in [1.54, 1.807) is 37.0 Å². The molecule has 0 aliphatic carbocycles. The lowest BCUT2D eigenvalue weighted by Crippen LogP contribution is -2.32. The Morgan fingerprint density at radius 1 is 1.35 bits per heavy atom. The Labute approximate surface area is 134 Å². The van der Waals surface area contributed by atoms with Gasteiger partial charge in [0.1, 0.15) is 12.7 Å². The monoisotopic (exact) mass is 316 g/mol. The number of carboxylic acids is 1. The fourth-order valence-corrected chi connectivity index (χ4v) is 2.08. The molecule has 0 bridgehead atoms. The minimum absolute atomic E-state index is 0.214. The fraction of sp³-hybridized carbons (Fsp3) is 0.375. The molecule has 0 atom stereocenters. The highest BCUT2D eigenvalue weighted by molar-refractivity contribution is 5.95. The molecule has 7 nitrogen and oxygen atoms in total. The molecular weight excluding hydrogens is 296 g/mol. The van der Waals surface area contributed by atoms with Gasteiger partial charge in [0.25, 0.3) is 5.91 Å². The number of nitrogens with zero attached hydrogens (tertiary/aromatic N) is 3. The number of aromatic nitrogens is 3. The Hall–Kier alpha value is -2.70. The maximum absolute atomic E-state index is 12.2. The maximum Gasteiger partial charge on any atom is 0.309 e. The van der Waals surface area contributed by atoms with Crippen LogP contribution in [0.25, 0.3) is 5.69 Å². The predicted octanol–water partition coefficient (Wildman–Crippen LogP) is 1.81. The van der Waals surface area contributed by atoms with Gasteiger partial charge < -0.3 is 10.4 Å². The van der Waals surface area contributed by atoms with Crippen LogP contribution < -0.4 is 5.32 Å². The molecule has 23 heavy (non-hydrogen) atoms. The van der Waals surface area contributed by atoms with E-state index in [4.69, 9.17) is 5.11 Å². The third kappa shape index (κ3) is 3.94. The van der Waals surface area contributed by atoms with Crippen LogP contribution in [0.5, 0.6) is 0 Å². The molecule has 1 aromatic heterocycles. The van der Waals surface area contributed by atoms with E-state index < -0.39 is 11.4 Å². The van der Waals surface area contributed by atoms with Gasteiger partial charge in [0, 0.05) is 12.1 Å². The normalized spacial score (nSPS) is 11.3. The SMILES string of the molecule is Cc1cc(-n2cncn2)ccc1C(=O)NCCC(C)(C)C(=O)O. The molecule has 0 aliphatic rings. The molecule has 0 radical (unpaired) electrons. The van der Waals surface area contributed by atoms with Gasteiger partial charge in [0.05, 0.1) is 11.1 Å². The van der Waals surface area contributed by atoms with Crippen LogP contribution in [0.1, 0.15) is 36.2 Å². The number of hydrogen-bond acceptors (Lipinski definition) is 4. The zero-order chi connectivity index (χ0) is 17.0. The molecule has 2 aromatic rings. The largest absolute Gasteiger partial charge is 0.481 e. The Morgan fingerprint density at radius 3 is 2.65 bits per heavy atom. The topological polar surface area (TPSA) is 97.1 Å². The van der Waals surface area contributed by atoms with Crippen molar-refractivity contribution in [3.8, 4) is 5.69 Å². The Balaban J connectivity index is 2.02. The first-order chi connectivity index (χ1) is 10.8. The standard InChI is InChI=1S/C16H20N4O3/c1-11-8-12(20-10-17-9-19-20)4-5-13(11)14(21)18-7-6-16(2,3)15(22)23/h4-5,8-10H,6-7H2,1-3H3,(H,18,21)(H,22,23). The minimum Gasteiger partial charge on any atom is -0.481 e. The van der Waals surface area contributed by atoms with E-state index in [0.717, 1.165) is 11.3 Å². The smallest absolute Gasteiger partial charge is 0.309 e. The highest BCUT2D eigenvalue weighted by Crippen LogP contribution is 2.19. The van der Waals surface area contributed by atoms with Crippen molar-refractivity contribution in [3.05, 3.63) is 42.0 Å². The van der Waals surface area contributed by atoms with Gasteiger partial charge in [0.15, 0.2) is 0 Å². The van der Waals surface area contributed by atoms with E-state index in [2.05, 4.69) is 15.4 Å². The number of carbonyl (C=O) groups excluding carboxylic acids is 1. The fourth-order valence-electron chi connectivity index (χ4n) is 2.08. The highest BCUT2D eigenvalue weighted by atomic mass is 16.4.